The quantitative estimate of drug-likeness (QED) is 0.890. The number of amides is 1. The van der Waals surface area contributed by atoms with Crippen molar-refractivity contribution < 1.29 is 9.53 Å². The van der Waals surface area contributed by atoms with Crippen molar-refractivity contribution in [2.45, 2.75) is 39.0 Å². The van der Waals surface area contributed by atoms with Crippen molar-refractivity contribution in [3.63, 3.8) is 0 Å². The van der Waals surface area contributed by atoms with Gasteiger partial charge >= 0.3 is 0 Å². The Morgan fingerprint density at radius 1 is 1.12 bits per heavy atom. The number of carbonyl (C=O) groups excluding carboxylic acids is 1. The fraction of sp³-hybridized carbons (Fsp3) is 0.316. The topological polar surface area (TPSA) is 50.4 Å². The number of anilines is 1. The zero-order chi connectivity index (χ0) is 16.2. The molecule has 1 aliphatic rings. The van der Waals surface area contributed by atoms with Gasteiger partial charge in [0.25, 0.3) is 0 Å². The Morgan fingerprint density at radius 2 is 1.79 bits per heavy atom. The van der Waals surface area contributed by atoms with Gasteiger partial charge < -0.3 is 15.4 Å². The summed E-state index contributed by atoms with van der Waals surface area (Å²) in [6.07, 6.45) is 0.859. The summed E-state index contributed by atoms with van der Waals surface area (Å²) < 4.78 is 5.60. The Balaban J connectivity index is 0.00000208. The minimum Gasteiger partial charge on any atom is -0.491 e. The first-order valence-electron chi connectivity index (χ1n) is 7.99. The van der Waals surface area contributed by atoms with E-state index >= 15 is 0 Å². The van der Waals surface area contributed by atoms with E-state index in [0.29, 0.717) is 0 Å². The van der Waals surface area contributed by atoms with Crippen LogP contribution in [0.1, 0.15) is 25.0 Å². The Bertz CT molecular complexity index is 686. The second-order valence-electron chi connectivity index (χ2n) is 6.09. The average molecular weight is 347 g/mol. The summed E-state index contributed by atoms with van der Waals surface area (Å²) in [6.45, 7) is 4.71. The highest BCUT2D eigenvalue weighted by Gasteiger charge is 2.23. The van der Waals surface area contributed by atoms with Gasteiger partial charge in [-0.3, -0.25) is 4.79 Å². The highest BCUT2D eigenvalue weighted by atomic mass is 35.5. The molecule has 1 unspecified atom stereocenters. The predicted octanol–water partition coefficient (Wildman–Crippen LogP) is 3.55. The summed E-state index contributed by atoms with van der Waals surface area (Å²) in [6, 6.07) is 15.5. The lowest BCUT2D eigenvalue weighted by Crippen LogP contribution is -2.44. The molecular formula is C19H23ClN2O2. The molecule has 1 amide bonds. The number of nitrogens with one attached hydrogen (secondary N) is 2. The van der Waals surface area contributed by atoms with Crippen molar-refractivity contribution in [2.75, 3.05) is 5.32 Å². The van der Waals surface area contributed by atoms with Gasteiger partial charge in [-0.1, -0.05) is 24.3 Å². The van der Waals surface area contributed by atoms with Gasteiger partial charge in [-0.2, -0.15) is 0 Å². The molecule has 2 aromatic carbocycles. The number of benzene rings is 2. The van der Waals surface area contributed by atoms with Crippen molar-refractivity contribution >= 4 is 24.0 Å². The fourth-order valence-electron chi connectivity index (χ4n) is 2.76. The summed E-state index contributed by atoms with van der Waals surface area (Å²) in [5, 5.41) is 6.26. The van der Waals surface area contributed by atoms with E-state index in [4.69, 9.17) is 4.74 Å². The highest BCUT2D eigenvalue weighted by Crippen LogP contribution is 2.19. The molecule has 4 nitrogen and oxygen atoms in total. The summed E-state index contributed by atoms with van der Waals surface area (Å²) in [4.78, 5) is 12.4. The standard InChI is InChI=1S/C19H22N2O2.ClH/c1-13(2)23-17-9-7-16(8-10-17)21-19(22)18-11-14-5-3-4-6-15(14)12-20-18;/h3-10,13,18,20H,11-12H2,1-2H3,(H,21,22);1H. The fourth-order valence-corrected chi connectivity index (χ4v) is 2.76. The molecule has 0 fully saturated rings. The lowest BCUT2D eigenvalue weighted by Gasteiger charge is -2.25. The van der Waals surface area contributed by atoms with Gasteiger partial charge in [0, 0.05) is 12.2 Å². The van der Waals surface area contributed by atoms with Gasteiger partial charge in [-0.15, -0.1) is 12.4 Å². The second-order valence-corrected chi connectivity index (χ2v) is 6.09. The van der Waals surface area contributed by atoms with Gasteiger partial charge in [-0.05, 0) is 55.7 Å². The van der Waals surface area contributed by atoms with Crippen molar-refractivity contribution in [3.8, 4) is 5.75 Å². The molecule has 0 bridgehead atoms. The molecule has 0 saturated carbocycles. The van der Waals surface area contributed by atoms with E-state index in [2.05, 4.69) is 22.8 Å². The van der Waals surface area contributed by atoms with Gasteiger partial charge in [0.15, 0.2) is 0 Å². The van der Waals surface area contributed by atoms with Crippen LogP contribution in [0.25, 0.3) is 0 Å². The highest BCUT2D eigenvalue weighted by molar-refractivity contribution is 5.95. The number of hydrogen-bond acceptors (Lipinski definition) is 3. The first-order valence-corrected chi connectivity index (χ1v) is 7.99. The molecule has 0 aromatic heterocycles. The Hall–Kier alpha value is -2.04. The monoisotopic (exact) mass is 346 g/mol. The van der Waals surface area contributed by atoms with E-state index in [9.17, 15) is 4.79 Å². The largest absolute Gasteiger partial charge is 0.491 e. The summed E-state index contributed by atoms with van der Waals surface area (Å²) in [7, 11) is 0. The van der Waals surface area contributed by atoms with Gasteiger partial charge in [-0.25, -0.2) is 0 Å². The van der Waals surface area contributed by atoms with Crippen LogP contribution in [0.15, 0.2) is 48.5 Å². The number of carbonyl (C=O) groups is 1. The minimum absolute atomic E-state index is 0. The normalized spacial score (nSPS) is 16.0. The smallest absolute Gasteiger partial charge is 0.241 e. The maximum atomic E-state index is 12.4. The summed E-state index contributed by atoms with van der Waals surface area (Å²) in [5.74, 6) is 0.805. The number of rotatable bonds is 4. The van der Waals surface area contributed by atoms with E-state index in [1.54, 1.807) is 0 Å². The molecule has 1 heterocycles. The van der Waals surface area contributed by atoms with Crippen molar-refractivity contribution in [1.82, 2.24) is 5.32 Å². The molecular weight excluding hydrogens is 324 g/mol. The van der Waals surface area contributed by atoms with Crippen LogP contribution in [0.5, 0.6) is 5.75 Å². The van der Waals surface area contributed by atoms with Crippen LogP contribution in [0, 0.1) is 0 Å². The molecule has 128 valence electrons. The summed E-state index contributed by atoms with van der Waals surface area (Å²) in [5.41, 5.74) is 3.30. The van der Waals surface area contributed by atoms with Crippen molar-refractivity contribution in [3.05, 3.63) is 59.7 Å². The third-order valence-corrected chi connectivity index (χ3v) is 3.89. The van der Waals surface area contributed by atoms with Crippen LogP contribution in [-0.4, -0.2) is 18.1 Å². The first kappa shape index (κ1) is 18.3. The molecule has 5 heteroatoms. The molecule has 2 aromatic rings. The number of ether oxygens (including phenoxy) is 1. The van der Waals surface area contributed by atoms with E-state index in [1.165, 1.54) is 11.1 Å². The predicted molar refractivity (Wildman–Crippen MR) is 98.9 cm³/mol. The van der Waals surface area contributed by atoms with Crippen LogP contribution in [-0.2, 0) is 17.8 Å². The van der Waals surface area contributed by atoms with Gasteiger partial charge in [0.2, 0.25) is 5.91 Å². The van der Waals surface area contributed by atoms with Crippen LogP contribution in [0.3, 0.4) is 0 Å². The van der Waals surface area contributed by atoms with E-state index < -0.39 is 0 Å². The number of hydrogen-bond donors (Lipinski definition) is 2. The Morgan fingerprint density at radius 3 is 2.46 bits per heavy atom. The van der Waals surface area contributed by atoms with E-state index in [-0.39, 0.29) is 30.5 Å². The maximum Gasteiger partial charge on any atom is 0.241 e. The van der Waals surface area contributed by atoms with Crippen LogP contribution < -0.4 is 15.4 Å². The number of halogens is 1. The molecule has 1 atom stereocenters. The maximum absolute atomic E-state index is 12.4. The second kappa shape index (κ2) is 8.18. The van der Waals surface area contributed by atoms with Crippen molar-refractivity contribution in [2.24, 2.45) is 0 Å². The van der Waals surface area contributed by atoms with Crippen LogP contribution in [0.2, 0.25) is 0 Å². The number of fused-ring (bicyclic) bond motifs is 1. The summed E-state index contributed by atoms with van der Waals surface area (Å²) >= 11 is 0. The van der Waals surface area contributed by atoms with Crippen LogP contribution in [0.4, 0.5) is 5.69 Å². The molecule has 0 radical (unpaired) electrons. The molecule has 24 heavy (non-hydrogen) atoms. The van der Waals surface area contributed by atoms with Crippen LogP contribution >= 0.6 is 12.4 Å². The van der Waals surface area contributed by atoms with E-state index in [1.807, 2.05) is 50.2 Å². The lowest BCUT2D eigenvalue weighted by molar-refractivity contribution is -0.118. The lowest BCUT2D eigenvalue weighted by atomic mass is 9.95. The third kappa shape index (κ3) is 4.49. The molecule has 0 spiro atoms. The zero-order valence-corrected chi connectivity index (χ0v) is 14.7. The third-order valence-electron chi connectivity index (χ3n) is 3.89. The minimum atomic E-state index is -0.198. The zero-order valence-electron chi connectivity index (χ0n) is 13.9. The van der Waals surface area contributed by atoms with E-state index in [0.717, 1.165) is 24.4 Å². The molecule has 0 saturated heterocycles. The Labute approximate surface area is 149 Å². The molecule has 3 rings (SSSR count). The van der Waals surface area contributed by atoms with Gasteiger partial charge in [0.05, 0.1) is 12.1 Å². The first-order chi connectivity index (χ1) is 11.1. The molecule has 2 N–H and O–H groups in total. The SMILES string of the molecule is CC(C)Oc1ccc(NC(=O)C2Cc3ccccc3CN2)cc1.Cl. The molecule has 1 aliphatic heterocycles. The average Bonchev–Trinajstić information content (AvgIpc) is 2.55. The Kier molecular flexibility index (Phi) is 6.23. The molecule has 0 aliphatic carbocycles. The van der Waals surface area contributed by atoms with Crippen molar-refractivity contribution in [1.29, 1.82) is 0 Å². The van der Waals surface area contributed by atoms with Gasteiger partial charge in [0.1, 0.15) is 5.75 Å².